The molecule has 0 spiro atoms. The lowest BCUT2D eigenvalue weighted by molar-refractivity contribution is 0.102. The molecule has 4 rings (SSSR count). The van der Waals surface area contributed by atoms with Crippen LogP contribution in [0.1, 0.15) is 10.5 Å². The number of benzene rings is 2. The molecular formula is C20H14N4O3. The summed E-state index contributed by atoms with van der Waals surface area (Å²) in [6.07, 6.45) is 3.29. The molecule has 2 aromatic carbocycles. The van der Waals surface area contributed by atoms with Crippen LogP contribution in [-0.2, 0) is 0 Å². The number of hydrogen-bond donors (Lipinski definition) is 2. The van der Waals surface area contributed by atoms with Gasteiger partial charge in [-0.1, -0.05) is 18.2 Å². The minimum absolute atomic E-state index is 0.155. The zero-order valence-corrected chi connectivity index (χ0v) is 14.0. The van der Waals surface area contributed by atoms with Gasteiger partial charge in [0.05, 0.1) is 5.39 Å². The van der Waals surface area contributed by atoms with Crippen LogP contribution >= 0.6 is 0 Å². The standard InChI is InChI=1S/C20H14N4O3/c25-19-17-4-2-1-3-16(17)18(23-24-19)20(26)22-13-5-7-14(8-6-13)27-15-9-11-21-12-10-15/h1-12H,(H,22,26)(H,24,25). The summed E-state index contributed by atoms with van der Waals surface area (Å²) in [5, 5.41) is 9.93. The van der Waals surface area contributed by atoms with E-state index in [1.807, 2.05) is 0 Å². The second-order valence-corrected chi connectivity index (χ2v) is 5.71. The molecule has 27 heavy (non-hydrogen) atoms. The van der Waals surface area contributed by atoms with Gasteiger partial charge in [0.1, 0.15) is 11.5 Å². The fourth-order valence-electron chi connectivity index (χ4n) is 2.63. The van der Waals surface area contributed by atoms with Gasteiger partial charge in [0.25, 0.3) is 11.5 Å². The number of ether oxygens (including phenoxy) is 1. The molecule has 0 saturated carbocycles. The van der Waals surface area contributed by atoms with E-state index in [0.29, 0.717) is 28.0 Å². The van der Waals surface area contributed by atoms with Crippen LogP contribution in [0.15, 0.2) is 77.9 Å². The van der Waals surface area contributed by atoms with Gasteiger partial charge >= 0.3 is 0 Å². The van der Waals surface area contributed by atoms with Crippen LogP contribution in [0.3, 0.4) is 0 Å². The van der Waals surface area contributed by atoms with Crippen LogP contribution < -0.4 is 15.6 Å². The first-order valence-corrected chi connectivity index (χ1v) is 8.17. The normalized spacial score (nSPS) is 10.5. The maximum atomic E-state index is 12.6. The fraction of sp³-hybridized carbons (Fsp3) is 0. The van der Waals surface area contributed by atoms with E-state index >= 15 is 0 Å². The molecule has 0 aliphatic carbocycles. The molecule has 0 atom stereocenters. The molecule has 0 bridgehead atoms. The van der Waals surface area contributed by atoms with Gasteiger partial charge in [0, 0.05) is 23.5 Å². The van der Waals surface area contributed by atoms with Crippen molar-refractivity contribution in [2.75, 3.05) is 5.32 Å². The Kier molecular flexibility index (Phi) is 4.32. The number of H-pyrrole nitrogens is 1. The summed E-state index contributed by atoms with van der Waals surface area (Å²) in [6.45, 7) is 0. The number of aromatic amines is 1. The van der Waals surface area contributed by atoms with Crippen LogP contribution in [0.5, 0.6) is 11.5 Å². The number of aromatic nitrogens is 3. The third-order valence-corrected chi connectivity index (χ3v) is 3.91. The highest BCUT2D eigenvalue weighted by Crippen LogP contribution is 2.23. The number of rotatable bonds is 4. The monoisotopic (exact) mass is 358 g/mol. The summed E-state index contributed by atoms with van der Waals surface area (Å²) in [6, 6.07) is 17.3. The highest BCUT2D eigenvalue weighted by atomic mass is 16.5. The smallest absolute Gasteiger partial charge is 0.276 e. The maximum Gasteiger partial charge on any atom is 0.276 e. The molecular weight excluding hydrogens is 344 g/mol. The molecule has 7 nitrogen and oxygen atoms in total. The minimum atomic E-state index is -0.412. The van der Waals surface area contributed by atoms with Crippen LogP contribution in [0.2, 0.25) is 0 Å². The van der Waals surface area contributed by atoms with Crippen molar-refractivity contribution in [1.29, 1.82) is 0 Å². The lowest BCUT2D eigenvalue weighted by Crippen LogP contribution is -2.19. The lowest BCUT2D eigenvalue weighted by atomic mass is 10.1. The molecule has 0 aliphatic rings. The Labute approximate surface area is 153 Å². The fourth-order valence-corrected chi connectivity index (χ4v) is 2.63. The summed E-state index contributed by atoms with van der Waals surface area (Å²) >= 11 is 0. The number of anilines is 1. The average Bonchev–Trinajstić information content (AvgIpc) is 2.71. The van der Waals surface area contributed by atoms with Crippen LogP contribution in [0.4, 0.5) is 5.69 Å². The Hall–Kier alpha value is -4.00. The maximum absolute atomic E-state index is 12.6. The number of hydrogen-bond acceptors (Lipinski definition) is 5. The van der Waals surface area contributed by atoms with Crippen LogP contribution in [-0.4, -0.2) is 21.1 Å². The Morgan fingerprint density at radius 2 is 1.56 bits per heavy atom. The van der Waals surface area contributed by atoms with E-state index in [-0.39, 0.29) is 11.3 Å². The zero-order valence-electron chi connectivity index (χ0n) is 14.0. The summed E-state index contributed by atoms with van der Waals surface area (Å²) in [4.78, 5) is 28.3. The lowest BCUT2D eigenvalue weighted by Gasteiger charge is -2.08. The minimum Gasteiger partial charge on any atom is -0.457 e. The highest BCUT2D eigenvalue weighted by Gasteiger charge is 2.14. The third kappa shape index (κ3) is 3.52. The van der Waals surface area contributed by atoms with Gasteiger partial charge in [-0.3, -0.25) is 14.6 Å². The van der Waals surface area contributed by atoms with Crippen molar-refractivity contribution in [2.45, 2.75) is 0 Å². The van der Waals surface area contributed by atoms with E-state index in [0.717, 1.165) is 0 Å². The highest BCUT2D eigenvalue weighted by molar-refractivity contribution is 6.11. The van der Waals surface area contributed by atoms with Crippen molar-refractivity contribution in [2.24, 2.45) is 0 Å². The molecule has 0 saturated heterocycles. The van der Waals surface area contributed by atoms with Gasteiger partial charge in [-0.2, -0.15) is 5.10 Å². The second kappa shape index (κ2) is 7.09. The van der Waals surface area contributed by atoms with Gasteiger partial charge in [0.2, 0.25) is 0 Å². The molecule has 2 aromatic heterocycles. The van der Waals surface area contributed by atoms with Crippen LogP contribution in [0, 0.1) is 0 Å². The predicted molar refractivity (Wildman–Crippen MR) is 101 cm³/mol. The average molecular weight is 358 g/mol. The Morgan fingerprint density at radius 3 is 2.30 bits per heavy atom. The van der Waals surface area contributed by atoms with Crippen LogP contribution in [0.25, 0.3) is 10.8 Å². The van der Waals surface area contributed by atoms with Crippen molar-refractivity contribution >= 4 is 22.4 Å². The zero-order chi connectivity index (χ0) is 18.6. The van der Waals surface area contributed by atoms with E-state index in [1.54, 1.807) is 73.1 Å². The Balaban J connectivity index is 1.54. The summed E-state index contributed by atoms with van der Waals surface area (Å²) < 4.78 is 5.69. The van der Waals surface area contributed by atoms with E-state index < -0.39 is 5.91 Å². The molecule has 2 heterocycles. The van der Waals surface area contributed by atoms with E-state index in [4.69, 9.17) is 4.74 Å². The summed E-state index contributed by atoms with van der Waals surface area (Å²) in [5.41, 5.74) is 0.404. The third-order valence-electron chi connectivity index (χ3n) is 3.91. The second-order valence-electron chi connectivity index (χ2n) is 5.71. The number of amides is 1. The van der Waals surface area contributed by atoms with E-state index in [2.05, 4.69) is 20.5 Å². The molecule has 0 unspecified atom stereocenters. The first kappa shape index (κ1) is 16.5. The summed E-state index contributed by atoms with van der Waals surface area (Å²) in [5.74, 6) is 0.891. The Morgan fingerprint density at radius 1 is 0.889 bits per heavy atom. The molecule has 132 valence electrons. The van der Waals surface area contributed by atoms with Gasteiger partial charge in [-0.05, 0) is 42.5 Å². The largest absolute Gasteiger partial charge is 0.457 e. The SMILES string of the molecule is O=C(Nc1ccc(Oc2ccncc2)cc1)c1n[nH]c(=O)c2ccccc12. The van der Waals surface area contributed by atoms with Gasteiger partial charge in [-0.25, -0.2) is 5.10 Å². The first-order chi connectivity index (χ1) is 13.2. The topological polar surface area (TPSA) is 97.0 Å². The van der Waals surface area contributed by atoms with Crippen molar-refractivity contribution in [3.8, 4) is 11.5 Å². The number of carbonyl (C=O) groups is 1. The summed E-state index contributed by atoms with van der Waals surface area (Å²) in [7, 11) is 0. The van der Waals surface area contributed by atoms with Gasteiger partial charge in [-0.15, -0.1) is 0 Å². The Bertz CT molecular complexity index is 1160. The number of carbonyl (C=O) groups excluding carboxylic acids is 1. The number of fused-ring (bicyclic) bond motifs is 1. The molecule has 2 N–H and O–H groups in total. The van der Waals surface area contributed by atoms with E-state index in [9.17, 15) is 9.59 Å². The number of pyridine rings is 1. The quantitative estimate of drug-likeness (QED) is 0.583. The number of nitrogens with zero attached hydrogens (tertiary/aromatic N) is 2. The van der Waals surface area contributed by atoms with Crippen molar-refractivity contribution in [3.63, 3.8) is 0 Å². The van der Waals surface area contributed by atoms with Gasteiger partial charge in [0.15, 0.2) is 5.69 Å². The van der Waals surface area contributed by atoms with Crippen molar-refractivity contribution in [1.82, 2.24) is 15.2 Å². The molecule has 4 aromatic rings. The molecule has 0 aliphatic heterocycles. The predicted octanol–water partition coefficient (Wildman–Crippen LogP) is 3.36. The van der Waals surface area contributed by atoms with E-state index in [1.165, 1.54) is 0 Å². The molecule has 1 amide bonds. The molecule has 7 heteroatoms. The van der Waals surface area contributed by atoms with Crippen molar-refractivity contribution in [3.05, 3.63) is 89.1 Å². The molecule has 0 fully saturated rings. The van der Waals surface area contributed by atoms with Gasteiger partial charge < -0.3 is 10.1 Å². The first-order valence-electron chi connectivity index (χ1n) is 8.17. The number of nitrogens with one attached hydrogen (secondary N) is 2. The van der Waals surface area contributed by atoms with Crippen molar-refractivity contribution < 1.29 is 9.53 Å². The molecule has 0 radical (unpaired) electrons.